The number of aliphatic hydroxyl groups is 1. The van der Waals surface area contributed by atoms with Crippen molar-refractivity contribution in [3.63, 3.8) is 0 Å². The van der Waals surface area contributed by atoms with Crippen molar-refractivity contribution in [1.82, 2.24) is 10.2 Å². The number of aromatic carboxylic acids is 1. The Morgan fingerprint density at radius 2 is 1.82 bits per heavy atom. The third-order valence-corrected chi connectivity index (χ3v) is 2.85. The van der Waals surface area contributed by atoms with Crippen LogP contribution in [0.2, 0.25) is 0 Å². The molecule has 3 N–H and O–H groups in total. The Morgan fingerprint density at radius 3 is 2.18 bits per heavy atom. The molecule has 0 bridgehead atoms. The maximum Gasteiger partial charge on any atom is 0.356 e. The molecule has 0 aliphatic rings. The van der Waals surface area contributed by atoms with Gasteiger partial charge in [-0.2, -0.15) is 0 Å². The van der Waals surface area contributed by atoms with Gasteiger partial charge < -0.3 is 15.5 Å². The molecule has 0 amide bonds. The van der Waals surface area contributed by atoms with E-state index >= 15 is 0 Å². The Kier molecular flexibility index (Phi) is 3.38. The molecule has 1 heterocycles. The van der Waals surface area contributed by atoms with Crippen LogP contribution in [0.5, 0.6) is 0 Å². The maximum absolute atomic E-state index is 10.6. The summed E-state index contributed by atoms with van der Waals surface area (Å²) in [4.78, 5) is 10.6. The molecule has 0 aliphatic heterocycles. The summed E-state index contributed by atoms with van der Waals surface area (Å²) in [5.41, 5.74) is -1.69. The van der Waals surface area contributed by atoms with Gasteiger partial charge in [0.05, 0.1) is 11.1 Å². The minimum Gasteiger partial charge on any atom is -0.476 e. The molecule has 6 nitrogen and oxygen atoms in total. The maximum atomic E-state index is 10.6. The van der Waals surface area contributed by atoms with Crippen molar-refractivity contribution in [2.75, 3.05) is 5.32 Å². The van der Waals surface area contributed by atoms with E-state index in [0.717, 1.165) is 0 Å². The van der Waals surface area contributed by atoms with Gasteiger partial charge in [-0.15, -0.1) is 10.2 Å². The molecule has 0 atom stereocenters. The highest BCUT2D eigenvalue weighted by Crippen LogP contribution is 2.24. The third-order valence-electron chi connectivity index (χ3n) is 2.85. The number of nitrogens with one attached hydrogen (secondary N) is 1. The summed E-state index contributed by atoms with van der Waals surface area (Å²) >= 11 is 0. The van der Waals surface area contributed by atoms with Gasteiger partial charge in [0.25, 0.3) is 0 Å². The lowest BCUT2D eigenvalue weighted by Crippen LogP contribution is -2.51. The fraction of sp³-hybridized carbons (Fsp3) is 0.545. The number of hydrogen-bond donors (Lipinski definition) is 3. The highest BCUT2D eigenvalue weighted by Gasteiger charge is 2.35. The van der Waals surface area contributed by atoms with E-state index in [2.05, 4.69) is 15.5 Å². The molecule has 0 saturated heterocycles. The van der Waals surface area contributed by atoms with E-state index in [-0.39, 0.29) is 5.69 Å². The number of carboxylic acids is 1. The number of carbonyl (C=O) groups is 1. The molecule has 0 aromatic carbocycles. The number of anilines is 1. The zero-order valence-corrected chi connectivity index (χ0v) is 10.4. The molecule has 0 saturated carbocycles. The number of nitrogens with zero attached hydrogens (tertiary/aromatic N) is 2. The van der Waals surface area contributed by atoms with E-state index in [0.29, 0.717) is 5.82 Å². The zero-order valence-electron chi connectivity index (χ0n) is 10.4. The summed E-state index contributed by atoms with van der Waals surface area (Å²) in [6, 6.07) is 2.88. The van der Waals surface area contributed by atoms with Gasteiger partial charge in [-0.05, 0) is 39.8 Å². The largest absolute Gasteiger partial charge is 0.476 e. The molecular weight excluding hydrogens is 222 g/mol. The predicted molar refractivity (Wildman–Crippen MR) is 63.0 cm³/mol. The van der Waals surface area contributed by atoms with Crippen LogP contribution in [-0.4, -0.2) is 37.5 Å². The standard InChI is InChI=1S/C11H17N3O3/c1-10(2,11(3,4)17)12-8-6-5-7(9(15)16)13-14-8/h5-6,17H,1-4H3,(H,12,14)(H,15,16). The molecule has 1 aromatic heterocycles. The summed E-state index contributed by atoms with van der Waals surface area (Å²) in [6.45, 7) is 7.00. The van der Waals surface area contributed by atoms with Crippen molar-refractivity contribution < 1.29 is 15.0 Å². The van der Waals surface area contributed by atoms with Crippen molar-refractivity contribution in [2.45, 2.75) is 38.8 Å². The first-order valence-corrected chi connectivity index (χ1v) is 5.21. The van der Waals surface area contributed by atoms with Gasteiger partial charge in [0.1, 0.15) is 5.82 Å². The highest BCUT2D eigenvalue weighted by molar-refractivity contribution is 5.85. The van der Waals surface area contributed by atoms with Crippen molar-refractivity contribution in [3.8, 4) is 0 Å². The average molecular weight is 239 g/mol. The summed E-state index contributed by atoms with van der Waals surface area (Å²) in [6.07, 6.45) is 0. The molecule has 17 heavy (non-hydrogen) atoms. The lowest BCUT2D eigenvalue weighted by Gasteiger charge is -2.38. The molecule has 0 aliphatic carbocycles. The first-order chi connectivity index (χ1) is 7.63. The Morgan fingerprint density at radius 1 is 1.24 bits per heavy atom. The van der Waals surface area contributed by atoms with Crippen LogP contribution in [0.25, 0.3) is 0 Å². The Bertz CT molecular complexity index is 407. The molecule has 1 aromatic rings. The predicted octanol–water partition coefficient (Wildman–Crippen LogP) is 1.14. The van der Waals surface area contributed by atoms with E-state index in [9.17, 15) is 9.90 Å². The fourth-order valence-electron chi connectivity index (χ4n) is 0.986. The highest BCUT2D eigenvalue weighted by atomic mass is 16.4. The van der Waals surface area contributed by atoms with Crippen LogP contribution >= 0.6 is 0 Å². The van der Waals surface area contributed by atoms with E-state index < -0.39 is 17.1 Å². The number of carboxylic acid groups (broad SMARTS) is 1. The van der Waals surface area contributed by atoms with Gasteiger partial charge in [-0.3, -0.25) is 0 Å². The van der Waals surface area contributed by atoms with E-state index in [1.165, 1.54) is 12.1 Å². The number of hydrogen-bond acceptors (Lipinski definition) is 5. The van der Waals surface area contributed by atoms with Crippen LogP contribution in [0.4, 0.5) is 5.82 Å². The van der Waals surface area contributed by atoms with Gasteiger partial charge in [0, 0.05) is 0 Å². The first kappa shape index (κ1) is 13.4. The topological polar surface area (TPSA) is 95.3 Å². The van der Waals surface area contributed by atoms with E-state index in [1.807, 2.05) is 13.8 Å². The van der Waals surface area contributed by atoms with Crippen LogP contribution in [0.3, 0.4) is 0 Å². The minimum atomic E-state index is -1.12. The molecule has 0 fully saturated rings. The van der Waals surface area contributed by atoms with Crippen LogP contribution in [0.1, 0.15) is 38.2 Å². The van der Waals surface area contributed by atoms with Gasteiger partial charge >= 0.3 is 5.97 Å². The van der Waals surface area contributed by atoms with Crippen molar-refractivity contribution >= 4 is 11.8 Å². The fourth-order valence-corrected chi connectivity index (χ4v) is 0.986. The molecule has 0 unspecified atom stereocenters. The van der Waals surface area contributed by atoms with Crippen LogP contribution in [-0.2, 0) is 0 Å². The second-order valence-electron chi connectivity index (χ2n) is 4.92. The van der Waals surface area contributed by atoms with E-state index in [1.54, 1.807) is 13.8 Å². The molecular formula is C11H17N3O3. The van der Waals surface area contributed by atoms with Crippen molar-refractivity contribution in [3.05, 3.63) is 17.8 Å². The van der Waals surface area contributed by atoms with Gasteiger partial charge in [0.15, 0.2) is 5.69 Å². The van der Waals surface area contributed by atoms with Gasteiger partial charge in [-0.1, -0.05) is 0 Å². The second-order valence-corrected chi connectivity index (χ2v) is 4.92. The summed E-state index contributed by atoms with van der Waals surface area (Å²) in [5.74, 6) is -0.701. The zero-order chi connectivity index (χ0) is 13.3. The molecule has 1 rings (SSSR count). The SMILES string of the molecule is CC(C)(O)C(C)(C)Nc1ccc(C(=O)O)nn1. The molecule has 6 heteroatoms. The lowest BCUT2D eigenvalue weighted by molar-refractivity contribution is 0.0238. The lowest BCUT2D eigenvalue weighted by atomic mass is 9.86. The number of aromatic nitrogens is 2. The monoisotopic (exact) mass is 239 g/mol. The summed E-state index contributed by atoms with van der Waals surface area (Å²) < 4.78 is 0. The Labute approximate surface area is 99.7 Å². The second kappa shape index (κ2) is 4.29. The van der Waals surface area contributed by atoms with Crippen LogP contribution < -0.4 is 5.32 Å². The minimum absolute atomic E-state index is 0.114. The first-order valence-electron chi connectivity index (χ1n) is 5.21. The van der Waals surface area contributed by atoms with Crippen LogP contribution in [0.15, 0.2) is 12.1 Å². The summed E-state index contributed by atoms with van der Waals surface area (Å²) in [5, 5.41) is 28.9. The van der Waals surface area contributed by atoms with Crippen molar-refractivity contribution in [2.24, 2.45) is 0 Å². The normalized spacial score (nSPS) is 12.3. The summed E-state index contributed by atoms with van der Waals surface area (Å²) in [7, 11) is 0. The smallest absolute Gasteiger partial charge is 0.356 e. The van der Waals surface area contributed by atoms with Gasteiger partial charge in [0.2, 0.25) is 0 Å². The average Bonchev–Trinajstić information content (AvgIpc) is 2.16. The molecule has 0 radical (unpaired) electrons. The Balaban J connectivity index is 2.86. The van der Waals surface area contributed by atoms with Crippen molar-refractivity contribution in [1.29, 1.82) is 0 Å². The van der Waals surface area contributed by atoms with E-state index in [4.69, 9.17) is 5.11 Å². The number of rotatable bonds is 4. The van der Waals surface area contributed by atoms with Crippen LogP contribution in [0, 0.1) is 0 Å². The van der Waals surface area contributed by atoms with Gasteiger partial charge in [-0.25, -0.2) is 4.79 Å². The third kappa shape index (κ3) is 3.13. The molecule has 94 valence electrons. The molecule has 0 spiro atoms. The quantitative estimate of drug-likeness (QED) is 0.729. The Hall–Kier alpha value is -1.69.